The van der Waals surface area contributed by atoms with Gasteiger partial charge in [-0.3, -0.25) is 15.0 Å². The Morgan fingerprint density at radius 2 is 1.71 bits per heavy atom. The first-order valence-electron chi connectivity index (χ1n) is 11.6. The van der Waals surface area contributed by atoms with Gasteiger partial charge in [0.2, 0.25) is 5.91 Å². The number of carbonyl (C=O) groups excluding carboxylic acids is 3. The number of carbonyl (C=O) groups is 3. The van der Waals surface area contributed by atoms with E-state index in [4.69, 9.17) is 10.1 Å². The molecule has 0 unspecified atom stereocenters. The highest BCUT2D eigenvalue weighted by molar-refractivity contribution is 6.43. The fraction of sp³-hybridized carbons (Fsp3) is 0.308. The predicted octanol–water partition coefficient (Wildman–Crippen LogP) is 4.21. The molecule has 1 aliphatic rings. The molecular formula is C26H30N4O5. The van der Waals surface area contributed by atoms with Gasteiger partial charge in [-0.15, -0.1) is 0 Å². The second-order valence-electron chi connectivity index (χ2n) is 8.03. The molecule has 2 aromatic carbocycles. The van der Waals surface area contributed by atoms with E-state index in [1.807, 2.05) is 6.92 Å². The number of rotatable bonds is 10. The van der Waals surface area contributed by atoms with Crippen molar-refractivity contribution in [2.45, 2.75) is 39.5 Å². The molecule has 0 saturated carbocycles. The molecule has 2 amide bonds. The Hall–Kier alpha value is -4.14. The van der Waals surface area contributed by atoms with Crippen LogP contribution in [0.5, 0.6) is 5.75 Å². The van der Waals surface area contributed by atoms with Gasteiger partial charge >= 0.3 is 5.97 Å². The summed E-state index contributed by atoms with van der Waals surface area (Å²) >= 11 is 0. The molecule has 9 heteroatoms. The maximum absolute atomic E-state index is 13.5. The van der Waals surface area contributed by atoms with Gasteiger partial charge in [0.15, 0.2) is 0 Å². The van der Waals surface area contributed by atoms with Crippen molar-refractivity contribution in [3.8, 4) is 5.75 Å². The van der Waals surface area contributed by atoms with Gasteiger partial charge in [-0.2, -0.15) is 0 Å². The first-order chi connectivity index (χ1) is 16.8. The van der Waals surface area contributed by atoms with Gasteiger partial charge in [0.25, 0.3) is 5.91 Å². The largest absolute Gasteiger partial charge is 0.508 e. The highest BCUT2D eigenvalue weighted by Gasteiger charge is 2.32. The third-order valence-corrected chi connectivity index (χ3v) is 5.48. The number of ether oxygens (including phenoxy) is 1. The monoisotopic (exact) mass is 478 g/mol. The molecule has 3 rings (SSSR count). The number of nitrogens with zero attached hydrogens (tertiary/aromatic N) is 1. The Morgan fingerprint density at radius 3 is 2.34 bits per heavy atom. The van der Waals surface area contributed by atoms with Crippen LogP contribution < -0.4 is 15.5 Å². The Balaban J connectivity index is 1.86. The minimum absolute atomic E-state index is 0.0564. The van der Waals surface area contributed by atoms with E-state index in [-0.39, 0.29) is 48.2 Å². The highest BCUT2D eigenvalue weighted by Crippen LogP contribution is 2.28. The molecule has 9 nitrogen and oxygen atoms in total. The third-order valence-electron chi connectivity index (χ3n) is 5.48. The van der Waals surface area contributed by atoms with Crippen LogP contribution in [0.3, 0.4) is 0 Å². The summed E-state index contributed by atoms with van der Waals surface area (Å²) < 4.78 is 4.97. The molecule has 1 aliphatic heterocycles. The van der Waals surface area contributed by atoms with Gasteiger partial charge in [-0.25, -0.2) is 4.79 Å². The lowest BCUT2D eigenvalue weighted by atomic mass is 9.98. The van der Waals surface area contributed by atoms with Crippen LogP contribution in [0.25, 0.3) is 0 Å². The van der Waals surface area contributed by atoms with E-state index >= 15 is 0 Å². The summed E-state index contributed by atoms with van der Waals surface area (Å²) in [5.41, 5.74) is 1.77. The molecule has 0 saturated heterocycles. The summed E-state index contributed by atoms with van der Waals surface area (Å²) in [6.07, 6.45) is 2.47. The highest BCUT2D eigenvalue weighted by atomic mass is 16.5. The lowest BCUT2D eigenvalue weighted by Crippen LogP contribution is -2.41. The van der Waals surface area contributed by atoms with Crippen molar-refractivity contribution in [3.63, 3.8) is 0 Å². The van der Waals surface area contributed by atoms with E-state index in [0.29, 0.717) is 23.5 Å². The van der Waals surface area contributed by atoms with Crippen molar-refractivity contribution in [1.29, 1.82) is 5.41 Å². The average molecular weight is 479 g/mol. The standard InChI is InChI=1S/C26H30N4O5/c1-3-5-6-22(32)28-17-7-11-19(12-8-17)30-16-15-21(23(27)26(34)35-4-2)24(25(30)33)29-18-9-13-20(31)14-10-18/h7-14,27,29,31H,3-6,15-16H2,1-2H3,(H,28,32). The molecule has 184 valence electrons. The summed E-state index contributed by atoms with van der Waals surface area (Å²) in [6.45, 7) is 4.06. The summed E-state index contributed by atoms with van der Waals surface area (Å²) in [5.74, 6) is -1.19. The summed E-state index contributed by atoms with van der Waals surface area (Å²) in [4.78, 5) is 39.3. The second kappa shape index (κ2) is 11.8. The van der Waals surface area contributed by atoms with Gasteiger partial charge < -0.3 is 25.4 Å². The molecule has 0 spiro atoms. The van der Waals surface area contributed by atoms with Gasteiger partial charge in [0.05, 0.1) is 6.61 Å². The summed E-state index contributed by atoms with van der Waals surface area (Å²) in [5, 5.41) is 23.7. The van der Waals surface area contributed by atoms with Gasteiger partial charge in [0, 0.05) is 35.6 Å². The molecule has 0 fully saturated rings. The molecule has 4 N–H and O–H groups in total. The fourth-order valence-corrected chi connectivity index (χ4v) is 3.64. The van der Waals surface area contributed by atoms with E-state index in [1.165, 1.54) is 12.1 Å². The van der Waals surface area contributed by atoms with Crippen LogP contribution in [-0.2, 0) is 19.1 Å². The number of hydrogen-bond acceptors (Lipinski definition) is 7. The first kappa shape index (κ1) is 25.5. The Morgan fingerprint density at radius 1 is 1.06 bits per heavy atom. The topological polar surface area (TPSA) is 132 Å². The number of benzene rings is 2. The van der Waals surface area contributed by atoms with Crippen molar-refractivity contribution in [1.82, 2.24) is 0 Å². The van der Waals surface area contributed by atoms with Crippen molar-refractivity contribution in [3.05, 3.63) is 59.8 Å². The molecule has 0 aliphatic carbocycles. The van der Waals surface area contributed by atoms with Crippen LogP contribution in [0.4, 0.5) is 17.1 Å². The maximum Gasteiger partial charge on any atom is 0.356 e. The molecule has 0 bridgehead atoms. The Labute approximate surface area is 204 Å². The molecule has 1 heterocycles. The Kier molecular flexibility index (Phi) is 8.61. The van der Waals surface area contributed by atoms with E-state index in [0.717, 1.165) is 12.8 Å². The number of anilines is 3. The summed E-state index contributed by atoms with van der Waals surface area (Å²) in [6, 6.07) is 13.1. The fourth-order valence-electron chi connectivity index (χ4n) is 3.64. The van der Waals surface area contributed by atoms with Crippen LogP contribution in [0.1, 0.15) is 39.5 Å². The number of phenols is 1. The zero-order chi connectivity index (χ0) is 25.4. The number of amides is 2. The van der Waals surface area contributed by atoms with E-state index in [1.54, 1.807) is 48.2 Å². The van der Waals surface area contributed by atoms with Crippen LogP contribution in [-0.4, -0.2) is 41.8 Å². The predicted molar refractivity (Wildman–Crippen MR) is 135 cm³/mol. The maximum atomic E-state index is 13.5. The number of unbranched alkanes of at least 4 members (excludes halogenated alkanes) is 1. The van der Waals surface area contributed by atoms with Crippen molar-refractivity contribution < 1.29 is 24.2 Å². The normalized spacial score (nSPS) is 13.4. The molecular weight excluding hydrogens is 448 g/mol. The smallest absolute Gasteiger partial charge is 0.356 e. The van der Waals surface area contributed by atoms with Crippen molar-refractivity contribution >= 4 is 40.6 Å². The number of nitrogens with one attached hydrogen (secondary N) is 3. The quantitative estimate of drug-likeness (QED) is 0.230. The number of esters is 1. The zero-order valence-electron chi connectivity index (χ0n) is 19.9. The molecule has 0 radical (unpaired) electrons. The molecule has 0 aromatic heterocycles. The van der Waals surface area contributed by atoms with Crippen molar-refractivity contribution in [2.24, 2.45) is 0 Å². The number of hydrogen-bond donors (Lipinski definition) is 4. The zero-order valence-corrected chi connectivity index (χ0v) is 19.9. The second-order valence-corrected chi connectivity index (χ2v) is 8.03. The molecule has 0 atom stereocenters. The van der Waals surface area contributed by atoms with Crippen molar-refractivity contribution in [2.75, 3.05) is 28.7 Å². The van der Waals surface area contributed by atoms with Gasteiger partial charge in [0.1, 0.15) is 17.2 Å². The van der Waals surface area contributed by atoms with Crippen LogP contribution in [0, 0.1) is 5.41 Å². The molecule has 35 heavy (non-hydrogen) atoms. The molecule has 2 aromatic rings. The average Bonchev–Trinajstić information content (AvgIpc) is 2.85. The van der Waals surface area contributed by atoms with Crippen LogP contribution in [0.2, 0.25) is 0 Å². The van der Waals surface area contributed by atoms with E-state index in [9.17, 15) is 19.5 Å². The SMILES string of the molecule is CCCCC(=O)Nc1ccc(N2CCC(C(=N)C(=O)OCC)=C(Nc3ccc(O)cc3)C2=O)cc1. The van der Waals surface area contributed by atoms with Gasteiger partial charge in [-0.05, 0) is 68.3 Å². The lowest BCUT2D eigenvalue weighted by molar-refractivity contribution is -0.135. The Bertz CT molecular complexity index is 1120. The number of aromatic hydroxyl groups is 1. The first-order valence-corrected chi connectivity index (χ1v) is 11.6. The summed E-state index contributed by atoms with van der Waals surface area (Å²) in [7, 11) is 0. The van der Waals surface area contributed by atoms with E-state index in [2.05, 4.69) is 10.6 Å². The third kappa shape index (κ3) is 6.47. The number of phenolic OH excluding ortho intramolecular Hbond substituents is 1. The minimum atomic E-state index is -0.795. The van der Waals surface area contributed by atoms with Crippen LogP contribution in [0.15, 0.2) is 59.8 Å². The minimum Gasteiger partial charge on any atom is -0.508 e. The lowest BCUT2D eigenvalue weighted by Gasteiger charge is -2.31. The van der Waals surface area contributed by atoms with Gasteiger partial charge in [-0.1, -0.05) is 13.3 Å². The van der Waals surface area contributed by atoms with Crippen LogP contribution >= 0.6 is 0 Å². The van der Waals surface area contributed by atoms with E-state index < -0.39 is 11.9 Å².